The number of quaternary nitrogens is 1. The van der Waals surface area contributed by atoms with E-state index in [1.54, 1.807) is 0 Å². The number of hydrogen-bond donors (Lipinski definition) is 1. The van der Waals surface area contributed by atoms with Crippen LogP contribution in [0.2, 0.25) is 0 Å². The molecule has 0 atom stereocenters. The van der Waals surface area contributed by atoms with Crippen LogP contribution in [-0.2, 0) is 10.1 Å². The predicted octanol–water partition coefficient (Wildman–Crippen LogP) is 0.907. The number of halogens is 3. The molecule has 5 nitrogen and oxygen atoms in total. The lowest BCUT2D eigenvalue weighted by atomic mass is 10.3. The van der Waals surface area contributed by atoms with Gasteiger partial charge in [0.05, 0.1) is 27.2 Å². The second-order valence-electron chi connectivity index (χ2n) is 4.36. The Labute approximate surface area is 106 Å². The van der Waals surface area contributed by atoms with E-state index in [0.717, 1.165) is 11.0 Å². The quantitative estimate of drug-likeness (QED) is 0.464. The smallest absolute Gasteiger partial charge is 0.485 e. The summed E-state index contributed by atoms with van der Waals surface area (Å²) in [5, 5.41) is 8.69. The maximum absolute atomic E-state index is 10.7. The van der Waals surface area contributed by atoms with E-state index in [1.165, 1.54) is 19.4 Å². The number of rotatable bonds is 5. The number of hydrogen-bond acceptors (Lipinski definition) is 4. The molecule has 0 saturated heterocycles. The van der Waals surface area contributed by atoms with E-state index in [-0.39, 0.29) is 0 Å². The lowest BCUT2D eigenvalue weighted by Crippen LogP contribution is -2.42. The van der Waals surface area contributed by atoms with Gasteiger partial charge < -0.3 is 14.1 Å². The molecule has 0 spiro atoms. The minimum atomic E-state index is -6.09. The monoisotopic (exact) mass is 295 g/mol. The first-order valence-corrected chi connectivity index (χ1v) is 6.73. The van der Waals surface area contributed by atoms with E-state index in [0.29, 0.717) is 6.61 Å². The van der Waals surface area contributed by atoms with Crippen LogP contribution in [-0.4, -0.2) is 61.9 Å². The number of unbranched alkanes of at least 4 members (excludes halogenated alkanes) is 1. The number of likely N-dealkylation sites (N-methyl/N-ethyl adjacent to an activating group) is 1. The van der Waals surface area contributed by atoms with Gasteiger partial charge >= 0.3 is 5.51 Å². The van der Waals surface area contributed by atoms with Gasteiger partial charge in [-0.2, -0.15) is 13.2 Å². The molecule has 0 rings (SSSR count). The Morgan fingerprint density at radius 2 is 1.61 bits per heavy atom. The van der Waals surface area contributed by atoms with Crippen LogP contribution in [0.4, 0.5) is 13.2 Å². The van der Waals surface area contributed by atoms with Crippen molar-refractivity contribution in [3.05, 3.63) is 0 Å². The molecule has 9 heteroatoms. The van der Waals surface area contributed by atoms with Crippen LogP contribution in [0.3, 0.4) is 0 Å². The van der Waals surface area contributed by atoms with E-state index >= 15 is 0 Å². The second kappa shape index (κ2) is 7.93. The summed E-state index contributed by atoms with van der Waals surface area (Å²) in [5.74, 6) is 0. The zero-order chi connectivity index (χ0) is 15.0. The molecule has 0 aromatic rings. The Bertz CT molecular complexity index is 314. The summed E-state index contributed by atoms with van der Waals surface area (Å²) in [6.45, 7) is 4.55. The van der Waals surface area contributed by atoms with Crippen LogP contribution < -0.4 is 0 Å². The van der Waals surface area contributed by atoms with Crippen molar-refractivity contribution in [1.82, 2.24) is 0 Å². The third-order valence-corrected chi connectivity index (χ3v) is 2.67. The highest BCUT2D eigenvalue weighted by molar-refractivity contribution is 7.86. The van der Waals surface area contributed by atoms with E-state index in [1.807, 2.05) is 0 Å². The molecule has 0 amide bonds. The topological polar surface area (TPSA) is 77.4 Å². The van der Waals surface area contributed by atoms with Gasteiger partial charge in [-0.25, -0.2) is 8.42 Å². The van der Waals surface area contributed by atoms with E-state index in [9.17, 15) is 13.2 Å². The van der Waals surface area contributed by atoms with Crippen LogP contribution in [0.5, 0.6) is 0 Å². The van der Waals surface area contributed by atoms with Crippen LogP contribution in [0.25, 0.3) is 0 Å². The summed E-state index contributed by atoms with van der Waals surface area (Å²) in [7, 11) is -1.77. The Kier molecular flexibility index (Phi) is 8.78. The van der Waals surface area contributed by atoms with Gasteiger partial charge in [-0.1, -0.05) is 13.3 Å². The fourth-order valence-electron chi connectivity index (χ4n) is 0.969. The molecule has 0 saturated carbocycles. The normalized spacial score (nSPS) is 12.9. The Morgan fingerprint density at radius 1 is 1.22 bits per heavy atom. The summed E-state index contributed by atoms with van der Waals surface area (Å²) in [4.78, 5) is 0. The molecular weight excluding hydrogens is 275 g/mol. The fourth-order valence-corrected chi connectivity index (χ4v) is 0.969. The average Bonchev–Trinajstić information content (AvgIpc) is 2.12. The molecule has 0 aromatic carbocycles. The van der Waals surface area contributed by atoms with Crippen molar-refractivity contribution in [3.63, 3.8) is 0 Å². The summed E-state index contributed by atoms with van der Waals surface area (Å²) in [6.07, 6.45) is 2.50. The summed E-state index contributed by atoms with van der Waals surface area (Å²) in [5.41, 5.74) is -5.65. The molecular formula is C9H20F3NO4S. The number of nitrogens with zero attached hydrogens (tertiary/aromatic N) is 1. The highest BCUT2D eigenvalue weighted by Gasteiger charge is 2.36. The van der Waals surface area contributed by atoms with Gasteiger partial charge in [0.1, 0.15) is 6.54 Å². The lowest BCUT2D eigenvalue weighted by molar-refractivity contribution is -0.890. The highest BCUT2D eigenvalue weighted by Crippen LogP contribution is 2.20. The third-order valence-electron chi connectivity index (χ3n) is 2.11. The molecule has 0 aliphatic carbocycles. The van der Waals surface area contributed by atoms with Gasteiger partial charge in [-0.15, -0.1) is 0 Å². The van der Waals surface area contributed by atoms with Gasteiger partial charge in [-0.3, -0.25) is 0 Å². The van der Waals surface area contributed by atoms with Crippen molar-refractivity contribution in [3.8, 4) is 0 Å². The molecule has 0 radical (unpaired) electrons. The van der Waals surface area contributed by atoms with Crippen LogP contribution >= 0.6 is 0 Å². The maximum Gasteiger partial charge on any atom is 0.485 e. The van der Waals surface area contributed by atoms with Crippen molar-refractivity contribution >= 4 is 10.1 Å². The molecule has 0 fully saturated rings. The maximum atomic E-state index is 10.7. The molecule has 0 bridgehead atoms. The molecule has 0 aliphatic rings. The summed E-state index contributed by atoms with van der Waals surface area (Å²) >= 11 is 0. The van der Waals surface area contributed by atoms with Gasteiger partial charge in [0, 0.05) is 0 Å². The zero-order valence-electron chi connectivity index (χ0n) is 10.7. The molecule has 0 unspecified atom stereocenters. The molecule has 0 aliphatic heterocycles. The van der Waals surface area contributed by atoms with Crippen molar-refractivity contribution < 1.29 is 35.7 Å². The van der Waals surface area contributed by atoms with Gasteiger partial charge in [-0.05, 0) is 6.42 Å². The van der Waals surface area contributed by atoms with Crippen LogP contribution in [0, 0.1) is 0 Å². The molecule has 1 N–H and O–H groups in total. The summed E-state index contributed by atoms with van der Waals surface area (Å²) in [6, 6.07) is 0. The SMILES string of the molecule is CCCC[N+](C)(C)CCO.O=S(=O)([O-])C(F)(F)F. The molecule has 18 heavy (non-hydrogen) atoms. The number of aliphatic hydroxyl groups excluding tert-OH is 1. The molecule has 0 heterocycles. The van der Waals surface area contributed by atoms with E-state index < -0.39 is 15.6 Å². The first-order chi connectivity index (χ1) is 7.87. The van der Waals surface area contributed by atoms with Gasteiger partial charge in [0.2, 0.25) is 0 Å². The summed E-state index contributed by atoms with van der Waals surface area (Å²) < 4.78 is 59.9. The Hall–Kier alpha value is -0.380. The van der Waals surface area contributed by atoms with Gasteiger partial charge in [0.25, 0.3) is 0 Å². The Morgan fingerprint density at radius 3 is 1.83 bits per heavy atom. The number of aliphatic hydroxyl groups is 1. The van der Waals surface area contributed by atoms with Crippen molar-refractivity contribution in [1.29, 1.82) is 0 Å². The van der Waals surface area contributed by atoms with Crippen molar-refractivity contribution in [2.24, 2.45) is 0 Å². The Balaban J connectivity index is 0. The predicted molar refractivity (Wildman–Crippen MR) is 59.6 cm³/mol. The highest BCUT2D eigenvalue weighted by atomic mass is 32.2. The standard InChI is InChI=1S/C8H20NO.CHF3O3S/c1-4-5-6-9(2,3)7-8-10;2-1(3,4)8(5,6)7/h10H,4-8H2,1-3H3;(H,5,6,7)/q+1;/p-1. The van der Waals surface area contributed by atoms with Crippen molar-refractivity contribution in [2.45, 2.75) is 25.3 Å². The van der Waals surface area contributed by atoms with Crippen molar-refractivity contribution in [2.75, 3.05) is 33.8 Å². The zero-order valence-corrected chi connectivity index (χ0v) is 11.5. The largest absolute Gasteiger partial charge is 0.741 e. The van der Waals surface area contributed by atoms with Gasteiger partial charge in [0.15, 0.2) is 10.1 Å². The molecule has 112 valence electrons. The second-order valence-corrected chi connectivity index (χ2v) is 5.73. The molecule has 0 aromatic heterocycles. The third kappa shape index (κ3) is 10.8. The fraction of sp³-hybridized carbons (Fsp3) is 1.00. The van der Waals surface area contributed by atoms with E-state index in [4.69, 9.17) is 18.1 Å². The first kappa shape index (κ1) is 19.9. The minimum Gasteiger partial charge on any atom is -0.741 e. The van der Waals surface area contributed by atoms with Crippen LogP contribution in [0.15, 0.2) is 0 Å². The first-order valence-electron chi connectivity index (χ1n) is 5.32. The van der Waals surface area contributed by atoms with E-state index in [2.05, 4.69) is 21.0 Å². The lowest BCUT2D eigenvalue weighted by Gasteiger charge is -2.28. The minimum absolute atomic E-state index is 0.302. The number of alkyl halides is 3. The van der Waals surface area contributed by atoms with Crippen LogP contribution in [0.1, 0.15) is 19.8 Å². The average molecular weight is 295 g/mol.